The SMILES string of the molecule is O=C(c1cc(F)cc(F)c1)N1CCN(CC(OCc2ccc(C(F)(F)F)cc2)c2ccc(Cl)cc2)CC1. The van der Waals surface area contributed by atoms with Crippen LogP contribution in [0.25, 0.3) is 0 Å². The Kier molecular flexibility index (Phi) is 8.46. The summed E-state index contributed by atoms with van der Waals surface area (Å²) in [4.78, 5) is 16.3. The van der Waals surface area contributed by atoms with E-state index in [2.05, 4.69) is 4.90 Å². The molecule has 0 aromatic heterocycles. The van der Waals surface area contributed by atoms with Crippen molar-refractivity contribution in [2.24, 2.45) is 0 Å². The van der Waals surface area contributed by atoms with Gasteiger partial charge in [0.25, 0.3) is 5.91 Å². The molecule has 0 radical (unpaired) electrons. The molecule has 0 spiro atoms. The fourth-order valence-corrected chi connectivity index (χ4v) is 4.27. The van der Waals surface area contributed by atoms with Crippen LogP contribution in [0.1, 0.15) is 33.2 Å². The molecular weight excluding hydrogens is 515 g/mol. The molecule has 1 unspecified atom stereocenters. The van der Waals surface area contributed by atoms with Gasteiger partial charge in [-0.05, 0) is 47.5 Å². The largest absolute Gasteiger partial charge is 0.416 e. The second kappa shape index (κ2) is 11.6. The van der Waals surface area contributed by atoms with Gasteiger partial charge in [-0.15, -0.1) is 0 Å². The highest BCUT2D eigenvalue weighted by Crippen LogP contribution is 2.30. The summed E-state index contributed by atoms with van der Waals surface area (Å²) < 4.78 is 71.7. The molecule has 4 nitrogen and oxygen atoms in total. The number of hydrogen-bond acceptors (Lipinski definition) is 3. The molecule has 1 heterocycles. The first-order chi connectivity index (χ1) is 17.6. The van der Waals surface area contributed by atoms with Gasteiger partial charge in [-0.1, -0.05) is 35.9 Å². The van der Waals surface area contributed by atoms with Crippen LogP contribution in [0.2, 0.25) is 5.02 Å². The van der Waals surface area contributed by atoms with Crippen LogP contribution in [-0.2, 0) is 17.5 Å². The van der Waals surface area contributed by atoms with E-state index < -0.39 is 35.4 Å². The Balaban J connectivity index is 1.39. The molecule has 0 aliphatic carbocycles. The van der Waals surface area contributed by atoms with Crippen LogP contribution in [-0.4, -0.2) is 48.4 Å². The lowest BCUT2D eigenvalue weighted by molar-refractivity contribution is -0.137. The van der Waals surface area contributed by atoms with Gasteiger partial charge in [0.2, 0.25) is 0 Å². The van der Waals surface area contributed by atoms with E-state index >= 15 is 0 Å². The predicted molar refractivity (Wildman–Crippen MR) is 129 cm³/mol. The second-order valence-electron chi connectivity index (χ2n) is 8.80. The van der Waals surface area contributed by atoms with E-state index in [1.807, 2.05) is 12.1 Å². The number of alkyl halides is 3. The minimum Gasteiger partial charge on any atom is -0.368 e. The Bertz CT molecular complexity index is 1190. The number of halogens is 6. The van der Waals surface area contributed by atoms with Gasteiger partial charge >= 0.3 is 6.18 Å². The number of amides is 1. The number of rotatable bonds is 7. The normalized spacial score (nSPS) is 15.6. The summed E-state index contributed by atoms with van der Waals surface area (Å²) in [5.41, 5.74) is 0.693. The molecule has 1 fully saturated rings. The van der Waals surface area contributed by atoms with Crippen molar-refractivity contribution in [3.63, 3.8) is 0 Å². The Hall–Kier alpha value is -3.01. The zero-order valence-corrected chi connectivity index (χ0v) is 20.4. The third kappa shape index (κ3) is 7.28. The van der Waals surface area contributed by atoms with Crippen molar-refractivity contribution >= 4 is 17.5 Å². The molecule has 0 saturated carbocycles. The number of ether oxygens (including phenoxy) is 1. The zero-order valence-electron chi connectivity index (χ0n) is 19.6. The fourth-order valence-electron chi connectivity index (χ4n) is 4.15. The molecule has 3 aromatic rings. The van der Waals surface area contributed by atoms with E-state index in [1.54, 1.807) is 17.0 Å². The lowest BCUT2D eigenvalue weighted by atomic mass is 10.1. The van der Waals surface area contributed by atoms with E-state index in [0.29, 0.717) is 43.3 Å². The fraction of sp³-hybridized carbons (Fsp3) is 0.296. The van der Waals surface area contributed by atoms with E-state index in [0.717, 1.165) is 35.9 Å². The lowest BCUT2D eigenvalue weighted by Crippen LogP contribution is -2.49. The maximum atomic E-state index is 13.5. The number of carbonyl (C=O) groups excluding carboxylic acids is 1. The average molecular weight is 539 g/mol. The molecule has 1 amide bonds. The zero-order chi connectivity index (χ0) is 26.6. The van der Waals surface area contributed by atoms with Crippen LogP contribution >= 0.6 is 11.6 Å². The number of nitrogens with zero attached hydrogens (tertiary/aromatic N) is 2. The van der Waals surface area contributed by atoms with E-state index in [1.165, 1.54) is 12.1 Å². The van der Waals surface area contributed by atoms with Gasteiger partial charge in [0.15, 0.2) is 0 Å². The molecule has 196 valence electrons. The Morgan fingerprint density at radius 2 is 1.49 bits per heavy atom. The number of hydrogen-bond donors (Lipinski definition) is 0. The van der Waals surface area contributed by atoms with E-state index in [-0.39, 0.29) is 12.2 Å². The first kappa shape index (κ1) is 27.0. The predicted octanol–water partition coefficient (Wildman–Crippen LogP) is 6.35. The number of piperazine rings is 1. The number of carbonyl (C=O) groups is 1. The molecule has 1 aliphatic rings. The van der Waals surface area contributed by atoms with E-state index in [4.69, 9.17) is 16.3 Å². The van der Waals surface area contributed by atoms with Crippen molar-refractivity contribution in [2.45, 2.75) is 18.9 Å². The van der Waals surface area contributed by atoms with E-state index in [9.17, 15) is 26.7 Å². The van der Waals surface area contributed by atoms with Gasteiger partial charge in [0.1, 0.15) is 11.6 Å². The first-order valence-corrected chi connectivity index (χ1v) is 12.0. The van der Waals surface area contributed by atoms with Gasteiger partial charge in [-0.2, -0.15) is 13.2 Å². The maximum Gasteiger partial charge on any atom is 0.416 e. The highest BCUT2D eigenvalue weighted by atomic mass is 35.5. The Labute approximate surface area is 216 Å². The summed E-state index contributed by atoms with van der Waals surface area (Å²) in [7, 11) is 0. The van der Waals surface area contributed by atoms with Crippen molar-refractivity contribution in [3.05, 3.63) is 106 Å². The topological polar surface area (TPSA) is 32.8 Å². The molecule has 0 N–H and O–H groups in total. The highest BCUT2D eigenvalue weighted by Gasteiger charge is 2.30. The Morgan fingerprint density at radius 1 is 0.892 bits per heavy atom. The monoisotopic (exact) mass is 538 g/mol. The van der Waals surface area contributed by atoms with Gasteiger partial charge in [-0.3, -0.25) is 9.69 Å². The summed E-state index contributed by atoms with van der Waals surface area (Å²) >= 11 is 6.02. The first-order valence-electron chi connectivity index (χ1n) is 11.6. The molecule has 3 aromatic carbocycles. The smallest absolute Gasteiger partial charge is 0.368 e. The maximum absolute atomic E-state index is 13.5. The van der Waals surface area contributed by atoms with Crippen LogP contribution in [0, 0.1) is 11.6 Å². The molecule has 37 heavy (non-hydrogen) atoms. The third-order valence-corrected chi connectivity index (χ3v) is 6.42. The minimum atomic E-state index is -4.41. The van der Waals surface area contributed by atoms with Crippen LogP contribution in [0.3, 0.4) is 0 Å². The van der Waals surface area contributed by atoms with Crippen LogP contribution in [0.15, 0.2) is 66.7 Å². The molecule has 10 heteroatoms. The molecular formula is C27H24ClF5N2O2. The van der Waals surface area contributed by atoms with Gasteiger partial charge < -0.3 is 9.64 Å². The molecule has 1 saturated heterocycles. The van der Waals surface area contributed by atoms with Crippen LogP contribution in [0.4, 0.5) is 22.0 Å². The average Bonchev–Trinajstić information content (AvgIpc) is 2.86. The molecule has 4 rings (SSSR count). The van der Waals surface area contributed by atoms with Crippen molar-refractivity contribution in [2.75, 3.05) is 32.7 Å². The third-order valence-electron chi connectivity index (χ3n) is 6.17. The van der Waals surface area contributed by atoms with Gasteiger partial charge in [0, 0.05) is 49.4 Å². The van der Waals surface area contributed by atoms with Gasteiger partial charge in [0.05, 0.1) is 18.3 Å². The standard InChI is InChI=1S/C27H24ClF5N2O2/c28-22-7-3-19(4-8-22)25(37-17-18-1-5-21(6-2-18)27(31,32)33)16-34-9-11-35(12-10-34)26(36)20-13-23(29)15-24(30)14-20/h1-8,13-15,25H,9-12,16-17H2. The minimum absolute atomic E-state index is 0.0372. The van der Waals surface area contributed by atoms with Crippen LogP contribution in [0.5, 0.6) is 0 Å². The van der Waals surface area contributed by atoms with Crippen LogP contribution < -0.4 is 0 Å². The summed E-state index contributed by atoms with van der Waals surface area (Å²) in [6, 6.07) is 14.7. The van der Waals surface area contributed by atoms with Crippen molar-refractivity contribution < 1.29 is 31.5 Å². The molecule has 1 atom stereocenters. The summed E-state index contributed by atoms with van der Waals surface area (Å²) in [6.45, 7) is 2.33. The summed E-state index contributed by atoms with van der Waals surface area (Å²) in [6.07, 6.45) is -4.81. The Morgan fingerprint density at radius 3 is 2.05 bits per heavy atom. The van der Waals surface area contributed by atoms with Gasteiger partial charge in [-0.25, -0.2) is 8.78 Å². The summed E-state index contributed by atoms with van der Waals surface area (Å²) in [5, 5.41) is 0.561. The van der Waals surface area contributed by atoms with Crippen molar-refractivity contribution in [3.8, 4) is 0 Å². The molecule has 0 bridgehead atoms. The molecule has 1 aliphatic heterocycles. The van der Waals surface area contributed by atoms with Crippen molar-refractivity contribution in [1.82, 2.24) is 9.80 Å². The van der Waals surface area contributed by atoms with Crippen molar-refractivity contribution in [1.29, 1.82) is 0 Å². The second-order valence-corrected chi connectivity index (χ2v) is 9.23. The number of benzene rings is 3. The highest BCUT2D eigenvalue weighted by molar-refractivity contribution is 6.30. The quantitative estimate of drug-likeness (QED) is 0.329. The lowest BCUT2D eigenvalue weighted by Gasteiger charge is -2.36. The summed E-state index contributed by atoms with van der Waals surface area (Å²) in [5.74, 6) is -2.05.